The molecule has 0 aromatic heterocycles. The van der Waals surface area contributed by atoms with Gasteiger partial charge in [-0.15, -0.1) is 0 Å². The summed E-state index contributed by atoms with van der Waals surface area (Å²) in [6, 6.07) is 24.5. The number of fused-ring (bicyclic) bond motifs is 1. The maximum Gasteiger partial charge on any atom is 0.349 e. The molecule has 166 valence electrons. The fourth-order valence-corrected chi connectivity index (χ4v) is 3.80. The Labute approximate surface area is 201 Å². The van der Waals surface area contributed by atoms with Crippen LogP contribution in [0.5, 0.6) is 17.2 Å². The molecule has 0 unspecified atom stereocenters. The molecule has 0 amide bonds. The Hall–Kier alpha value is -3.47. The summed E-state index contributed by atoms with van der Waals surface area (Å²) < 4.78 is 16.3. The monoisotopic (exact) mass is 478 g/mol. The Kier molecular flexibility index (Phi) is 7.18. The summed E-state index contributed by atoms with van der Waals surface area (Å²) in [6.07, 6.45) is 4.04. The Bertz CT molecular complexity index is 1330. The Morgan fingerprint density at radius 2 is 1.64 bits per heavy atom. The summed E-state index contributed by atoms with van der Waals surface area (Å²) in [6.45, 7) is -0.312. The van der Waals surface area contributed by atoms with Gasteiger partial charge >= 0.3 is 5.97 Å². The molecule has 6 heteroatoms. The number of methoxy groups -OCH3 is 1. The lowest BCUT2D eigenvalue weighted by atomic mass is 10.0. The van der Waals surface area contributed by atoms with Crippen LogP contribution in [0.3, 0.4) is 0 Å². The largest absolute Gasteiger partial charge is 0.493 e. The van der Waals surface area contributed by atoms with Crippen molar-refractivity contribution in [1.82, 2.24) is 0 Å². The highest BCUT2D eigenvalue weighted by Gasteiger charge is 2.12. The highest BCUT2D eigenvalue weighted by Crippen LogP contribution is 2.30. The lowest BCUT2D eigenvalue weighted by Gasteiger charge is -2.11. The van der Waals surface area contributed by atoms with Gasteiger partial charge in [-0.1, -0.05) is 83.9 Å². The van der Waals surface area contributed by atoms with Gasteiger partial charge in [-0.2, -0.15) is 0 Å². The first kappa shape index (κ1) is 22.7. The van der Waals surface area contributed by atoms with Gasteiger partial charge in [-0.25, -0.2) is 4.79 Å². The minimum atomic E-state index is -0.585. The summed E-state index contributed by atoms with van der Waals surface area (Å²) in [7, 11) is 1.52. The average Bonchev–Trinajstić information content (AvgIpc) is 2.82. The molecule has 0 radical (unpaired) electrons. The normalized spacial score (nSPS) is 11.0. The van der Waals surface area contributed by atoms with Crippen LogP contribution in [0.1, 0.15) is 11.1 Å². The van der Waals surface area contributed by atoms with Gasteiger partial charge in [0.25, 0.3) is 0 Å². The number of benzene rings is 4. The van der Waals surface area contributed by atoms with E-state index in [2.05, 4.69) is 24.3 Å². The van der Waals surface area contributed by atoms with Crippen LogP contribution in [0.4, 0.5) is 0 Å². The van der Waals surface area contributed by atoms with E-state index in [0.29, 0.717) is 27.3 Å². The molecule has 0 atom stereocenters. The average molecular weight is 479 g/mol. The first-order valence-corrected chi connectivity index (χ1v) is 10.9. The van der Waals surface area contributed by atoms with Crippen LogP contribution < -0.4 is 14.2 Å². The van der Waals surface area contributed by atoms with Gasteiger partial charge in [0.2, 0.25) is 0 Å². The van der Waals surface area contributed by atoms with Crippen molar-refractivity contribution in [2.45, 2.75) is 0 Å². The number of carbonyl (C=O) groups is 1. The van der Waals surface area contributed by atoms with Crippen molar-refractivity contribution >= 4 is 52.1 Å². The van der Waals surface area contributed by atoms with Gasteiger partial charge in [0.15, 0.2) is 18.1 Å². The second-order valence-electron chi connectivity index (χ2n) is 7.15. The molecule has 0 heterocycles. The highest BCUT2D eigenvalue weighted by molar-refractivity contribution is 6.35. The molecule has 4 nitrogen and oxygen atoms in total. The third-order valence-electron chi connectivity index (χ3n) is 4.93. The molecule has 0 saturated heterocycles. The fraction of sp³-hybridized carbons (Fsp3) is 0.0741. The van der Waals surface area contributed by atoms with Crippen LogP contribution in [0.2, 0.25) is 10.0 Å². The van der Waals surface area contributed by atoms with E-state index >= 15 is 0 Å². The van der Waals surface area contributed by atoms with Crippen molar-refractivity contribution in [3.05, 3.63) is 100 Å². The maximum atomic E-state index is 12.3. The van der Waals surface area contributed by atoms with Crippen molar-refractivity contribution in [3.8, 4) is 17.2 Å². The highest BCUT2D eigenvalue weighted by atomic mass is 35.5. The molecule has 0 spiro atoms. The molecule has 0 aliphatic heterocycles. The molecule has 4 aromatic carbocycles. The minimum absolute atomic E-state index is 0.301. The first-order chi connectivity index (χ1) is 16.0. The third kappa shape index (κ3) is 5.67. The number of esters is 1. The third-order valence-corrected chi connectivity index (χ3v) is 5.46. The standard InChI is InChI=1S/C27H20Cl2O4/c1-31-26-15-18(9-11-20-7-4-6-19-5-2-3-8-22(19)20)10-13-25(26)33-27(30)17-32-24-14-12-21(28)16-23(24)29/h2-16H,17H2,1H3/b11-9+. The van der Waals surface area contributed by atoms with E-state index in [1.165, 1.54) is 23.9 Å². The second kappa shape index (κ2) is 10.4. The maximum absolute atomic E-state index is 12.3. The quantitative estimate of drug-likeness (QED) is 0.158. The Morgan fingerprint density at radius 1 is 0.848 bits per heavy atom. The van der Waals surface area contributed by atoms with E-state index in [0.717, 1.165) is 11.1 Å². The summed E-state index contributed by atoms with van der Waals surface area (Å²) in [5.74, 6) is 0.501. The van der Waals surface area contributed by atoms with Crippen molar-refractivity contribution in [2.75, 3.05) is 13.7 Å². The number of ether oxygens (including phenoxy) is 3. The predicted octanol–water partition coefficient (Wildman–Crippen LogP) is 7.31. The molecule has 0 aliphatic carbocycles. The van der Waals surface area contributed by atoms with Crippen molar-refractivity contribution in [3.63, 3.8) is 0 Å². The van der Waals surface area contributed by atoms with Crippen LogP contribution in [0.15, 0.2) is 78.9 Å². The van der Waals surface area contributed by atoms with Crippen LogP contribution in [0, 0.1) is 0 Å². The zero-order valence-electron chi connectivity index (χ0n) is 17.8. The second-order valence-corrected chi connectivity index (χ2v) is 7.99. The SMILES string of the molecule is COc1cc(/C=C/c2cccc3ccccc23)ccc1OC(=O)COc1ccc(Cl)cc1Cl. The van der Waals surface area contributed by atoms with E-state index in [-0.39, 0.29) is 6.61 Å². The topological polar surface area (TPSA) is 44.8 Å². The molecular weight excluding hydrogens is 459 g/mol. The fourth-order valence-electron chi connectivity index (χ4n) is 3.34. The van der Waals surface area contributed by atoms with E-state index in [4.69, 9.17) is 37.4 Å². The number of carbonyl (C=O) groups excluding carboxylic acids is 1. The minimum Gasteiger partial charge on any atom is -0.493 e. The molecular formula is C27H20Cl2O4. The van der Waals surface area contributed by atoms with E-state index < -0.39 is 5.97 Å². The zero-order valence-corrected chi connectivity index (χ0v) is 19.3. The van der Waals surface area contributed by atoms with E-state index in [1.807, 2.05) is 36.4 Å². The molecule has 4 aromatic rings. The zero-order chi connectivity index (χ0) is 23.2. The van der Waals surface area contributed by atoms with Crippen molar-refractivity contribution in [2.24, 2.45) is 0 Å². The number of hydrogen-bond acceptors (Lipinski definition) is 4. The molecule has 0 N–H and O–H groups in total. The lowest BCUT2D eigenvalue weighted by molar-refractivity contribution is -0.136. The van der Waals surface area contributed by atoms with Gasteiger partial charge < -0.3 is 14.2 Å². The van der Waals surface area contributed by atoms with Gasteiger partial charge in [0.05, 0.1) is 12.1 Å². The van der Waals surface area contributed by atoms with Gasteiger partial charge in [0, 0.05) is 5.02 Å². The summed E-state index contributed by atoms with van der Waals surface area (Å²) in [5.41, 5.74) is 2.02. The number of hydrogen-bond donors (Lipinski definition) is 0. The summed E-state index contributed by atoms with van der Waals surface area (Å²) >= 11 is 11.9. The van der Waals surface area contributed by atoms with Crippen LogP contribution in [0.25, 0.3) is 22.9 Å². The Balaban J connectivity index is 1.45. The molecule has 4 rings (SSSR count). The lowest BCUT2D eigenvalue weighted by Crippen LogP contribution is -2.18. The molecule has 0 bridgehead atoms. The van der Waals surface area contributed by atoms with E-state index in [1.54, 1.807) is 24.3 Å². The summed E-state index contributed by atoms with van der Waals surface area (Å²) in [4.78, 5) is 12.3. The molecule has 33 heavy (non-hydrogen) atoms. The smallest absolute Gasteiger partial charge is 0.349 e. The van der Waals surface area contributed by atoms with Crippen LogP contribution in [-0.4, -0.2) is 19.7 Å². The van der Waals surface area contributed by atoms with Crippen LogP contribution in [-0.2, 0) is 4.79 Å². The first-order valence-electron chi connectivity index (χ1n) is 10.2. The van der Waals surface area contributed by atoms with Crippen molar-refractivity contribution < 1.29 is 19.0 Å². The molecule has 0 aliphatic rings. The summed E-state index contributed by atoms with van der Waals surface area (Å²) in [5, 5.41) is 3.15. The van der Waals surface area contributed by atoms with E-state index in [9.17, 15) is 4.79 Å². The van der Waals surface area contributed by atoms with Gasteiger partial charge in [-0.05, 0) is 52.2 Å². The molecule has 0 saturated carbocycles. The molecule has 0 fully saturated rings. The van der Waals surface area contributed by atoms with Gasteiger partial charge in [-0.3, -0.25) is 0 Å². The number of halogens is 2. The number of rotatable bonds is 7. The van der Waals surface area contributed by atoms with Gasteiger partial charge in [0.1, 0.15) is 5.75 Å². The Morgan fingerprint density at radius 3 is 2.45 bits per heavy atom. The van der Waals surface area contributed by atoms with Crippen molar-refractivity contribution in [1.29, 1.82) is 0 Å². The van der Waals surface area contributed by atoms with Crippen LogP contribution >= 0.6 is 23.2 Å². The predicted molar refractivity (Wildman–Crippen MR) is 133 cm³/mol.